The molecule has 15 heavy (non-hydrogen) atoms. The number of hydrogen-bond acceptors (Lipinski definition) is 4. The minimum absolute atomic E-state index is 0.0167. The van der Waals surface area contributed by atoms with Crippen LogP contribution in [0.1, 0.15) is 11.1 Å². The maximum Gasteiger partial charge on any atom is 0.262 e. The Morgan fingerprint density at radius 1 is 1.47 bits per heavy atom. The summed E-state index contributed by atoms with van der Waals surface area (Å²) in [6.07, 6.45) is 0. The fourth-order valence-electron chi connectivity index (χ4n) is 1.12. The largest absolute Gasteiger partial charge is 0.326 e. The van der Waals surface area contributed by atoms with Gasteiger partial charge in [0.1, 0.15) is 11.0 Å². The Balaban J connectivity index is 3.66. The third-order valence-corrected chi connectivity index (χ3v) is 3.31. The van der Waals surface area contributed by atoms with E-state index >= 15 is 0 Å². The number of nitrogens with zero attached hydrogens (tertiary/aromatic N) is 1. The average molecular weight is 265 g/mol. The first-order valence-electron chi connectivity index (χ1n) is 3.77. The zero-order valence-electron chi connectivity index (χ0n) is 7.37. The molecule has 2 N–H and O–H groups in total. The van der Waals surface area contributed by atoms with E-state index in [-0.39, 0.29) is 22.0 Å². The van der Waals surface area contributed by atoms with Gasteiger partial charge in [0.05, 0.1) is 5.56 Å². The summed E-state index contributed by atoms with van der Waals surface area (Å²) in [7, 11) is 1.17. The lowest BCUT2D eigenvalue weighted by Gasteiger charge is -2.05. The van der Waals surface area contributed by atoms with Gasteiger partial charge in [-0.1, -0.05) is 11.6 Å². The minimum Gasteiger partial charge on any atom is -0.326 e. The van der Waals surface area contributed by atoms with Crippen molar-refractivity contribution in [1.82, 2.24) is 0 Å². The van der Waals surface area contributed by atoms with Crippen molar-refractivity contribution in [3.63, 3.8) is 0 Å². The Labute approximate surface area is 96.6 Å². The predicted octanol–water partition coefficient (Wildman–Crippen LogP) is 1.60. The highest BCUT2D eigenvalue weighted by atomic mass is 35.7. The van der Waals surface area contributed by atoms with Gasteiger partial charge in [0.2, 0.25) is 0 Å². The first-order valence-corrected chi connectivity index (χ1v) is 6.46. The lowest BCUT2D eigenvalue weighted by Crippen LogP contribution is -2.04. The maximum atomic E-state index is 11.1. The van der Waals surface area contributed by atoms with Crippen molar-refractivity contribution in [1.29, 1.82) is 5.26 Å². The van der Waals surface area contributed by atoms with Crippen molar-refractivity contribution in [3.05, 3.63) is 28.3 Å². The summed E-state index contributed by atoms with van der Waals surface area (Å²) in [4.78, 5) is -0.306. The monoisotopic (exact) mass is 264 g/mol. The minimum atomic E-state index is -3.99. The number of nitriles is 1. The van der Waals surface area contributed by atoms with Crippen LogP contribution in [0.2, 0.25) is 5.02 Å². The van der Waals surface area contributed by atoms with Crippen LogP contribution in [0, 0.1) is 11.3 Å². The molecule has 4 nitrogen and oxygen atoms in total. The molecule has 0 bridgehead atoms. The molecule has 0 aliphatic heterocycles. The molecule has 1 aromatic rings. The molecule has 0 saturated carbocycles. The Bertz CT molecular complexity index is 534. The normalized spacial score (nSPS) is 11.1. The van der Waals surface area contributed by atoms with Crippen LogP contribution in [0.15, 0.2) is 17.0 Å². The summed E-state index contributed by atoms with van der Waals surface area (Å²) in [5, 5.41) is 8.99. The van der Waals surface area contributed by atoms with Gasteiger partial charge in [-0.05, 0) is 17.7 Å². The van der Waals surface area contributed by atoms with Gasteiger partial charge < -0.3 is 5.73 Å². The van der Waals surface area contributed by atoms with Crippen molar-refractivity contribution in [3.8, 4) is 6.07 Å². The summed E-state index contributed by atoms with van der Waals surface area (Å²) < 4.78 is 22.3. The van der Waals surface area contributed by atoms with E-state index in [0.717, 1.165) is 6.07 Å². The number of benzene rings is 1. The molecule has 0 saturated heterocycles. The van der Waals surface area contributed by atoms with Crippen LogP contribution < -0.4 is 5.73 Å². The van der Waals surface area contributed by atoms with Crippen LogP contribution in [0.3, 0.4) is 0 Å². The van der Waals surface area contributed by atoms with Crippen LogP contribution >= 0.6 is 22.3 Å². The lowest BCUT2D eigenvalue weighted by molar-refractivity contribution is 0.609. The van der Waals surface area contributed by atoms with Gasteiger partial charge in [-0.2, -0.15) is 5.26 Å². The quantitative estimate of drug-likeness (QED) is 0.823. The molecule has 0 aromatic heterocycles. The van der Waals surface area contributed by atoms with Gasteiger partial charge in [-0.15, -0.1) is 0 Å². The predicted molar refractivity (Wildman–Crippen MR) is 57.1 cm³/mol. The highest BCUT2D eigenvalue weighted by molar-refractivity contribution is 8.13. The third kappa shape index (κ3) is 2.61. The van der Waals surface area contributed by atoms with E-state index in [1.807, 2.05) is 0 Å². The van der Waals surface area contributed by atoms with E-state index in [2.05, 4.69) is 0 Å². The van der Waals surface area contributed by atoms with Crippen LogP contribution in [-0.4, -0.2) is 8.42 Å². The summed E-state index contributed by atoms with van der Waals surface area (Å²) in [5.41, 5.74) is 5.65. The summed E-state index contributed by atoms with van der Waals surface area (Å²) >= 11 is 5.68. The number of rotatable bonds is 2. The summed E-state index contributed by atoms with van der Waals surface area (Å²) in [6.45, 7) is 0.0167. The molecule has 7 heteroatoms. The molecule has 0 radical (unpaired) electrons. The molecular weight excluding hydrogens is 259 g/mol. The lowest BCUT2D eigenvalue weighted by atomic mass is 10.1. The maximum absolute atomic E-state index is 11.1. The number of nitrogens with two attached hydrogens (primary N) is 1. The Morgan fingerprint density at radius 2 is 2.07 bits per heavy atom. The fourth-order valence-corrected chi connectivity index (χ4v) is 2.47. The molecule has 1 rings (SSSR count). The van der Waals surface area contributed by atoms with Crippen molar-refractivity contribution < 1.29 is 8.42 Å². The van der Waals surface area contributed by atoms with E-state index in [1.165, 1.54) is 6.07 Å². The molecule has 0 aliphatic carbocycles. The van der Waals surface area contributed by atoms with Gasteiger partial charge in [0.25, 0.3) is 9.05 Å². The molecule has 80 valence electrons. The molecular formula is C8H6Cl2N2O2S. The van der Waals surface area contributed by atoms with E-state index in [0.29, 0.717) is 5.56 Å². The van der Waals surface area contributed by atoms with E-state index < -0.39 is 9.05 Å². The number of halogens is 2. The van der Waals surface area contributed by atoms with Crippen molar-refractivity contribution in [2.45, 2.75) is 11.4 Å². The molecule has 1 aromatic carbocycles. The highest BCUT2D eigenvalue weighted by Gasteiger charge is 2.19. The fraction of sp³-hybridized carbons (Fsp3) is 0.125. The molecule has 0 spiro atoms. The Kier molecular flexibility index (Phi) is 3.58. The van der Waals surface area contributed by atoms with Gasteiger partial charge in [0.15, 0.2) is 0 Å². The number of hydrogen-bond donors (Lipinski definition) is 1. The van der Waals surface area contributed by atoms with Gasteiger partial charge in [-0.25, -0.2) is 8.42 Å². The first-order chi connectivity index (χ1) is 6.90. The third-order valence-electron chi connectivity index (χ3n) is 1.74. The SMILES string of the molecule is N#Cc1c(CN)cc(Cl)cc1S(=O)(=O)Cl. The van der Waals surface area contributed by atoms with Gasteiger partial charge >= 0.3 is 0 Å². The van der Waals surface area contributed by atoms with Crippen molar-refractivity contribution in [2.75, 3.05) is 0 Å². The van der Waals surface area contributed by atoms with E-state index in [1.54, 1.807) is 6.07 Å². The smallest absolute Gasteiger partial charge is 0.262 e. The molecule has 0 amide bonds. The second kappa shape index (κ2) is 4.37. The zero-order valence-corrected chi connectivity index (χ0v) is 9.70. The van der Waals surface area contributed by atoms with Gasteiger partial charge in [-0.3, -0.25) is 0 Å². The standard InChI is InChI=1S/C8H6Cl2N2O2S/c9-6-1-5(3-11)7(4-12)8(2-6)15(10,13)14/h1-2H,3,11H2. The van der Waals surface area contributed by atoms with Crippen molar-refractivity contribution in [2.24, 2.45) is 5.73 Å². The van der Waals surface area contributed by atoms with Gasteiger partial charge in [0, 0.05) is 22.2 Å². The van der Waals surface area contributed by atoms with E-state index in [4.69, 9.17) is 33.3 Å². The summed E-state index contributed by atoms with van der Waals surface area (Å²) in [6, 6.07) is 4.31. The highest BCUT2D eigenvalue weighted by Crippen LogP contribution is 2.26. The van der Waals surface area contributed by atoms with Crippen LogP contribution in [0.5, 0.6) is 0 Å². The van der Waals surface area contributed by atoms with Crippen LogP contribution in [0.25, 0.3) is 0 Å². The topological polar surface area (TPSA) is 83.9 Å². The second-order valence-electron chi connectivity index (χ2n) is 2.69. The second-order valence-corrected chi connectivity index (χ2v) is 5.66. The van der Waals surface area contributed by atoms with Crippen molar-refractivity contribution >= 4 is 31.3 Å². The van der Waals surface area contributed by atoms with Crippen LogP contribution in [-0.2, 0) is 15.6 Å². The Hall–Kier alpha value is -0.800. The zero-order chi connectivity index (χ0) is 11.6. The first kappa shape index (κ1) is 12.3. The Morgan fingerprint density at radius 3 is 2.47 bits per heavy atom. The van der Waals surface area contributed by atoms with Crippen LogP contribution in [0.4, 0.5) is 0 Å². The molecule has 0 atom stereocenters. The average Bonchev–Trinajstić information content (AvgIpc) is 2.15. The molecule has 0 unspecified atom stereocenters. The molecule has 0 heterocycles. The summed E-state index contributed by atoms with van der Waals surface area (Å²) in [5.74, 6) is 0. The molecule has 0 aliphatic rings. The molecule has 0 fully saturated rings. The van der Waals surface area contributed by atoms with E-state index in [9.17, 15) is 8.42 Å².